The van der Waals surface area contributed by atoms with Crippen LogP contribution in [0.3, 0.4) is 0 Å². The third kappa shape index (κ3) is 3.09. The average molecular weight is 173 g/mol. The van der Waals surface area contributed by atoms with E-state index in [4.69, 9.17) is 5.84 Å². The highest BCUT2D eigenvalue weighted by molar-refractivity contribution is 5.73. The third-order valence-electron chi connectivity index (χ3n) is 1.74. The minimum atomic E-state index is -0.0816. The van der Waals surface area contributed by atoms with Crippen LogP contribution >= 0.6 is 0 Å². The molecule has 0 aliphatic rings. The van der Waals surface area contributed by atoms with Crippen LogP contribution in [-0.4, -0.2) is 35.6 Å². The SMILES string of the molecule is CCCN(N)C(=O)N(CC)CC. The summed E-state index contributed by atoms with van der Waals surface area (Å²) < 4.78 is 0. The summed E-state index contributed by atoms with van der Waals surface area (Å²) in [6.45, 7) is 7.94. The van der Waals surface area contributed by atoms with Gasteiger partial charge in [0.1, 0.15) is 0 Å². The van der Waals surface area contributed by atoms with Gasteiger partial charge in [-0.1, -0.05) is 6.92 Å². The van der Waals surface area contributed by atoms with Gasteiger partial charge in [0, 0.05) is 19.6 Å². The van der Waals surface area contributed by atoms with Crippen LogP contribution in [-0.2, 0) is 0 Å². The lowest BCUT2D eigenvalue weighted by molar-refractivity contribution is 0.158. The first-order chi connectivity index (χ1) is 5.67. The van der Waals surface area contributed by atoms with E-state index in [9.17, 15) is 4.79 Å². The van der Waals surface area contributed by atoms with E-state index in [1.54, 1.807) is 4.90 Å². The lowest BCUT2D eigenvalue weighted by atomic mass is 10.4. The second-order valence-electron chi connectivity index (χ2n) is 2.65. The fraction of sp³-hybridized carbons (Fsp3) is 0.875. The van der Waals surface area contributed by atoms with Crippen molar-refractivity contribution < 1.29 is 4.79 Å². The Morgan fingerprint density at radius 1 is 1.25 bits per heavy atom. The fourth-order valence-corrected chi connectivity index (χ4v) is 1.01. The molecule has 4 heteroatoms. The van der Waals surface area contributed by atoms with E-state index < -0.39 is 0 Å². The third-order valence-corrected chi connectivity index (χ3v) is 1.74. The molecule has 0 aliphatic carbocycles. The zero-order valence-corrected chi connectivity index (χ0v) is 8.21. The quantitative estimate of drug-likeness (QED) is 0.392. The number of rotatable bonds is 4. The normalized spacial score (nSPS) is 9.67. The van der Waals surface area contributed by atoms with Gasteiger partial charge >= 0.3 is 6.03 Å². The minimum absolute atomic E-state index is 0.0816. The van der Waals surface area contributed by atoms with Gasteiger partial charge in [-0.3, -0.25) is 5.01 Å². The molecule has 0 aromatic carbocycles. The topological polar surface area (TPSA) is 49.6 Å². The summed E-state index contributed by atoms with van der Waals surface area (Å²) in [6.07, 6.45) is 0.892. The molecule has 0 atom stereocenters. The largest absolute Gasteiger partial charge is 0.334 e. The molecule has 0 unspecified atom stereocenters. The van der Waals surface area contributed by atoms with Crippen molar-refractivity contribution in [2.45, 2.75) is 27.2 Å². The Labute approximate surface area is 74.3 Å². The maximum Gasteiger partial charge on any atom is 0.334 e. The molecule has 2 N–H and O–H groups in total. The first-order valence-corrected chi connectivity index (χ1v) is 4.48. The number of carbonyl (C=O) groups excluding carboxylic acids is 1. The average Bonchev–Trinajstić information content (AvgIpc) is 2.07. The van der Waals surface area contributed by atoms with Crippen LogP contribution in [0, 0.1) is 0 Å². The molecule has 0 saturated carbocycles. The Bertz CT molecular complexity index is 134. The summed E-state index contributed by atoms with van der Waals surface area (Å²) in [5.41, 5.74) is 0. The van der Waals surface area contributed by atoms with Crippen LogP contribution in [0.1, 0.15) is 27.2 Å². The van der Waals surface area contributed by atoms with Crippen molar-refractivity contribution in [2.24, 2.45) is 5.84 Å². The molecule has 72 valence electrons. The van der Waals surface area contributed by atoms with E-state index in [1.807, 2.05) is 20.8 Å². The van der Waals surface area contributed by atoms with E-state index in [0.717, 1.165) is 6.42 Å². The molecule has 0 bridgehead atoms. The predicted octanol–water partition coefficient (Wildman–Crippen LogP) is 1.03. The molecule has 0 heterocycles. The molecule has 0 spiro atoms. The number of nitrogens with zero attached hydrogens (tertiary/aromatic N) is 2. The summed E-state index contributed by atoms with van der Waals surface area (Å²) in [6, 6.07) is -0.0816. The van der Waals surface area contributed by atoms with Crippen molar-refractivity contribution in [2.75, 3.05) is 19.6 Å². The van der Waals surface area contributed by atoms with Crippen molar-refractivity contribution in [1.29, 1.82) is 0 Å². The smallest absolute Gasteiger partial charge is 0.324 e. The monoisotopic (exact) mass is 173 g/mol. The van der Waals surface area contributed by atoms with Gasteiger partial charge in [0.05, 0.1) is 0 Å². The van der Waals surface area contributed by atoms with Crippen LogP contribution in [0.5, 0.6) is 0 Å². The number of nitrogens with two attached hydrogens (primary N) is 1. The Kier molecular flexibility index (Phi) is 5.45. The van der Waals surface area contributed by atoms with Gasteiger partial charge in [0.2, 0.25) is 0 Å². The molecule has 4 nitrogen and oxygen atoms in total. The first kappa shape index (κ1) is 11.2. The summed E-state index contributed by atoms with van der Waals surface area (Å²) >= 11 is 0. The van der Waals surface area contributed by atoms with Gasteiger partial charge in [-0.05, 0) is 20.3 Å². The van der Waals surface area contributed by atoms with E-state index in [0.29, 0.717) is 19.6 Å². The zero-order valence-electron chi connectivity index (χ0n) is 8.21. The van der Waals surface area contributed by atoms with E-state index in [2.05, 4.69) is 0 Å². The molecular formula is C8H19N3O. The van der Waals surface area contributed by atoms with Crippen molar-refractivity contribution in [3.63, 3.8) is 0 Å². The Hall–Kier alpha value is -0.770. The van der Waals surface area contributed by atoms with E-state index in [-0.39, 0.29) is 6.03 Å². The number of hydrogen-bond acceptors (Lipinski definition) is 2. The van der Waals surface area contributed by atoms with Crippen LogP contribution in [0.2, 0.25) is 0 Å². The molecule has 0 aliphatic heterocycles. The summed E-state index contributed by atoms with van der Waals surface area (Å²) in [5, 5.41) is 1.27. The van der Waals surface area contributed by atoms with Gasteiger partial charge in [0.25, 0.3) is 0 Å². The molecule has 0 rings (SSSR count). The Morgan fingerprint density at radius 3 is 2.08 bits per heavy atom. The number of hydrazine groups is 1. The second-order valence-corrected chi connectivity index (χ2v) is 2.65. The fourth-order valence-electron chi connectivity index (χ4n) is 1.01. The molecule has 0 fully saturated rings. The maximum absolute atomic E-state index is 11.4. The van der Waals surface area contributed by atoms with Crippen molar-refractivity contribution in [1.82, 2.24) is 9.91 Å². The first-order valence-electron chi connectivity index (χ1n) is 4.48. The number of amides is 2. The van der Waals surface area contributed by atoms with Gasteiger partial charge in [-0.2, -0.15) is 0 Å². The maximum atomic E-state index is 11.4. The van der Waals surface area contributed by atoms with Gasteiger partial charge in [0.15, 0.2) is 0 Å². The van der Waals surface area contributed by atoms with Crippen LogP contribution in [0.4, 0.5) is 4.79 Å². The summed E-state index contributed by atoms with van der Waals surface area (Å²) in [5.74, 6) is 5.52. The van der Waals surface area contributed by atoms with Crippen LogP contribution < -0.4 is 5.84 Å². The lowest BCUT2D eigenvalue weighted by Crippen LogP contribution is -2.47. The molecule has 0 aromatic rings. The summed E-state index contributed by atoms with van der Waals surface area (Å²) in [7, 11) is 0. The molecule has 12 heavy (non-hydrogen) atoms. The molecule has 0 saturated heterocycles. The van der Waals surface area contributed by atoms with Crippen LogP contribution in [0.15, 0.2) is 0 Å². The lowest BCUT2D eigenvalue weighted by Gasteiger charge is -2.25. The highest BCUT2D eigenvalue weighted by Gasteiger charge is 2.13. The highest BCUT2D eigenvalue weighted by atomic mass is 16.2. The zero-order chi connectivity index (χ0) is 9.56. The minimum Gasteiger partial charge on any atom is -0.324 e. The van der Waals surface area contributed by atoms with Crippen molar-refractivity contribution in [3.05, 3.63) is 0 Å². The molecule has 0 radical (unpaired) electrons. The van der Waals surface area contributed by atoms with Crippen LogP contribution in [0.25, 0.3) is 0 Å². The van der Waals surface area contributed by atoms with E-state index in [1.165, 1.54) is 5.01 Å². The predicted molar refractivity (Wildman–Crippen MR) is 49.5 cm³/mol. The van der Waals surface area contributed by atoms with E-state index >= 15 is 0 Å². The van der Waals surface area contributed by atoms with Crippen molar-refractivity contribution >= 4 is 6.03 Å². The van der Waals surface area contributed by atoms with Gasteiger partial charge < -0.3 is 4.90 Å². The number of urea groups is 1. The van der Waals surface area contributed by atoms with Gasteiger partial charge in [-0.25, -0.2) is 10.6 Å². The van der Waals surface area contributed by atoms with Gasteiger partial charge in [-0.15, -0.1) is 0 Å². The highest BCUT2D eigenvalue weighted by Crippen LogP contribution is 1.94. The number of hydrogen-bond donors (Lipinski definition) is 1. The molecular weight excluding hydrogens is 154 g/mol. The number of carbonyl (C=O) groups is 1. The molecule has 2 amide bonds. The second kappa shape index (κ2) is 5.83. The Balaban J connectivity index is 3.97. The molecule has 0 aromatic heterocycles. The standard InChI is InChI=1S/C8H19N3O/c1-4-7-11(9)8(12)10(5-2)6-3/h4-7,9H2,1-3H3. The van der Waals surface area contributed by atoms with Crippen molar-refractivity contribution in [3.8, 4) is 0 Å². The summed E-state index contributed by atoms with van der Waals surface area (Å²) in [4.78, 5) is 13.1. The Morgan fingerprint density at radius 2 is 1.75 bits per heavy atom.